The van der Waals surface area contributed by atoms with Gasteiger partial charge in [0.2, 0.25) is 0 Å². The Balaban J connectivity index is 3.13. The highest BCUT2D eigenvalue weighted by molar-refractivity contribution is 6.17. The summed E-state index contributed by atoms with van der Waals surface area (Å²) in [5.41, 5.74) is 1.92. The Kier molecular flexibility index (Phi) is 3.44. The zero-order chi connectivity index (χ0) is 11.4. The highest BCUT2D eigenvalue weighted by atomic mass is 16.5. The summed E-state index contributed by atoms with van der Waals surface area (Å²) in [5.74, 6) is -0.427. The molecule has 4 heteroatoms. The summed E-state index contributed by atoms with van der Waals surface area (Å²) in [6, 6.07) is 1.74. The molecule has 0 unspecified atom stereocenters. The second-order valence-electron chi connectivity index (χ2n) is 3.26. The summed E-state index contributed by atoms with van der Waals surface area (Å²) in [4.78, 5) is 17.2. The van der Waals surface area contributed by atoms with Crippen LogP contribution in [0.1, 0.15) is 5.56 Å². The molecule has 0 fully saturated rings. The maximum atomic E-state index is 11.3. The molecule has 0 aliphatic carbocycles. The van der Waals surface area contributed by atoms with Gasteiger partial charge in [-0.15, -0.1) is 0 Å². The van der Waals surface area contributed by atoms with Gasteiger partial charge in [-0.1, -0.05) is 6.58 Å². The predicted molar refractivity (Wildman–Crippen MR) is 59.6 cm³/mol. The van der Waals surface area contributed by atoms with E-state index in [0.717, 1.165) is 11.3 Å². The average molecular weight is 206 g/mol. The molecule has 0 bridgehead atoms. The van der Waals surface area contributed by atoms with E-state index in [0.29, 0.717) is 5.57 Å². The monoisotopic (exact) mass is 206 g/mol. The number of aromatic nitrogens is 1. The maximum absolute atomic E-state index is 11.3. The SMILES string of the molecule is C=C(C(=O)OC)c1ccncc1N(C)C. The molecular weight excluding hydrogens is 192 g/mol. The van der Waals surface area contributed by atoms with E-state index in [2.05, 4.69) is 16.3 Å². The van der Waals surface area contributed by atoms with E-state index in [1.54, 1.807) is 18.5 Å². The summed E-state index contributed by atoms with van der Waals surface area (Å²) in [5, 5.41) is 0. The summed E-state index contributed by atoms with van der Waals surface area (Å²) in [6.07, 6.45) is 3.31. The molecule has 0 saturated carbocycles. The van der Waals surface area contributed by atoms with Crippen LogP contribution in [0.2, 0.25) is 0 Å². The molecule has 0 aliphatic rings. The van der Waals surface area contributed by atoms with Gasteiger partial charge in [-0.2, -0.15) is 0 Å². The van der Waals surface area contributed by atoms with Crippen LogP contribution >= 0.6 is 0 Å². The number of carbonyl (C=O) groups is 1. The van der Waals surface area contributed by atoms with Gasteiger partial charge in [0.15, 0.2) is 0 Å². The zero-order valence-electron chi connectivity index (χ0n) is 9.15. The molecule has 0 aliphatic heterocycles. The lowest BCUT2D eigenvalue weighted by Gasteiger charge is -2.16. The molecule has 15 heavy (non-hydrogen) atoms. The summed E-state index contributed by atoms with van der Waals surface area (Å²) < 4.78 is 4.62. The molecule has 0 aromatic carbocycles. The van der Waals surface area contributed by atoms with Crippen molar-refractivity contribution in [2.24, 2.45) is 0 Å². The van der Waals surface area contributed by atoms with Gasteiger partial charge in [-0.05, 0) is 6.07 Å². The van der Waals surface area contributed by atoms with Gasteiger partial charge in [0, 0.05) is 25.9 Å². The van der Waals surface area contributed by atoms with E-state index in [1.807, 2.05) is 19.0 Å². The Hall–Kier alpha value is -1.84. The lowest BCUT2D eigenvalue weighted by atomic mass is 10.1. The molecule has 80 valence electrons. The molecule has 0 N–H and O–H groups in total. The minimum Gasteiger partial charge on any atom is -0.465 e. The highest BCUT2D eigenvalue weighted by Crippen LogP contribution is 2.24. The third-order valence-corrected chi connectivity index (χ3v) is 2.04. The number of pyridine rings is 1. The number of ether oxygens (including phenoxy) is 1. The first kappa shape index (κ1) is 11.2. The van der Waals surface area contributed by atoms with E-state index in [-0.39, 0.29) is 0 Å². The number of esters is 1. The third kappa shape index (κ3) is 2.34. The van der Waals surface area contributed by atoms with Crippen LogP contribution in [-0.4, -0.2) is 32.2 Å². The van der Waals surface area contributed by atoms with Crippen molar-refractivity contribution < 1.29 is 9.53 Å². The second kappa shape index (κ2) is 4.59. The Morgan fingerprint density at radius 2 is 2.20 bits per heavy atom. The standard InChI is InChI=1S/C11H14N2O2/c1-8(11(14)15-4)9-5-6-12-7-10(9)13(2)3/h5-7H,1H2,2-4H3. The molecule has 0 saturated heterocycles. The molecule has 0 amide bonds. The van der Waals surface area contributed by atoms with Crippen LogP contribution < -0.4 is 4.90 Å². The van der Waals surface area contributed by atoms with Crippen molar-refractivity contribution in [3.05, 3.63) is 30.6 Å². The van der Waals surface area contributed by atoms with Gasteiger partial charge in [-0.25, -0.2) is 4.79 Å². The molecule has 0 atom stereocenters. The fourth-order valence-corrected chi connectivity index (χ4v) is 1.23. The Bertz CT molecular complexity index is 386. The smallest absolute Gasteiger partial charge is 0.337 e. The predicted octanol–water partition coefficient (Wildman–Crippen LogP) is 1.33. The molecule has 4 nitrogen and oxygen atoms in total. The summed E-state index contributed by atoms with van der Waals surface area (Å²) in [7, 11) is 5.10. The van der Waals surface area contributed by atoms with Crippen LogP contribution in [-0.2, 0) is 9.53 Å². The van der Waals surface area contributed by atoms with E-state index in [4.69, 9.17) is 0 Å². The number of hydrogen-bond acceptors (Lipinski definition) is 4. The van der Waals surface area contributed by atoms with Crippen LogP contribution in [0, 0.1) is 0 Å². The number of hydrogen-bond donors (Lipinski definition) is 0. The fourth-order valence-electron chi connectivity index (χ4n) is 1.23. The van der Waals surface area contributed by atoms with Crippen molar-refractivity contribution in [2.45, 2.75) is 0 Å². The van der Waals surface area contributed by atoms with Crippen molar-refractivity contribution in [3.63, 3.8) is 0 Å². The van der Waals surface area contributed by atoms with Crippen LogP contribution in [0.15, 0.2) is 25.0 Å². The number of carbonyl (C=O) groups excluding carboxylic acids is 1. The molecule has 1 aromatic rings. The van der Waals surface area contributed by atoms with Crippen molar-refractivity contribution in [1.82, 2.24) is 4.98 Å². The molecule has 1 rings (SSSR count). The number of rotatable bonds is 3. The minimum absolute atomic E-state index is 0.337. The molecule has 1 aromatic heterocycles. The maximum Gasteiger partial charge on any atom is 0.337 e. The summed E-state index contributed by atoms with van der Waals surface area (Å²) in [6.45, 7) is 3.71. The van der Waals surface area contributed by atoms with E-state index in [1.165, 1.54) is 7.11 Å². The molecular formula is C11H14N2O2. The number of anilines is 1. The molecule has 1 heterocycles. The number of methoxy groups -OCH3 is 1. The van der Waals surface area contributed by atoms with Crippen molar-refractivity contribution in [2.75, 3.05) is 26.1 Å². The molecule has 0 radical (unpaired) electrons. The Morgan fingerprint density at radius 3 is 2.73 bits per heavy atom. The van der Waals surface area contributed by atoms with Crippen LogP contribution in [0.5, 0.6) is 0 Å². The molecule has 0 spiro atoms. The first-order valence-corrected chi connectivity index (χ1v) is 4.47. The van der Waals surface area contributed by atoms with Gasteiger partial charge < -0.3 is 9.64 Å². The van der Waals surface area contributed by atoms with Crippen molar-refractivity contribution in [1.29, 1.82) is 0 Å². The Labute approximate surface area is 89.2 Å². The lowest BCUT2D eigenvalue weighted by Crippen LogP contribution is -2.13. The third-order valence-electron chi connectivity index (χ3n) is 2.04. The van der Waals surface area contributed by atoms with Crippen LogP contribution in [0.3, 0.4) is 0 Å². The van der Waals surface area contributed by atoms with Crippen LogP contribution in [0.25, 0.3) is 5.57 Å². The first-order chi connectivity index (χ1) is 7.07. The quantitative estimate of drug-likeness (QED) is 0.552. The fraction of sp³-hybridized carbons (Fsp3) is 0.273. The van der Waals surface area contributed by atoms with Gasteiger partial charge in [0.1, 0.15) is 0 Å². The minimum atomic E-state index is -0.427. The summed E-state index contributed by atoms with van der Waals surface area (Å²) >= 11 is 0. The number of nitrogens with zero attached hydrogens (tertiary/aromatic N) is 2. The van der Waals surface area contributed by atoms with Crippen molar-refractivity contribution >= 4 is 17.2 Å². The normalized spacial score (nSPS) is 9.53. The van der Waals surface area contributed by atoms with Gasteiger partial charge in [-0.3, -0.25) is 4.98 Å². The first-order valence-electron chi connectivity index (χ1n) is 4.47. The van der Waals surface area contributed by atoms with Crippen molar-refractivity contribution in [3.8, 4) is 0 Å². The van der Waals surface area contributed by atoms with Crippen LogP contribution in [0.4, 0.5) is 5.69 Å². The highest BCUT2D eigenvalue weighted by Gasteiger charge is 2.14. The Morgan fingerprint density at radius 1 is 1.53 bits per heavy atom. The van der Waals surface area contributed by atoms with E-state index >= 15 is 0 Å². The van der Waals surface area contributed by atoms with E-state index < -0.39 is 5.97 Å². The van der Waals surface area contributed by atoms with Gasteiger partial charge in [0.25, 0.3) is 0 Å². The largest absolute Gasteiger partial charge is 0.465 e. The lowest BCUT2D eigenvalue weighted by molar-refractivity contribution is -0.133. The topological polar surface area (TPSA) is 42.4 Å². The van der Waals surface area contributed by atoms with Gasteiger partial charge in [0.05, 0.1) is 24.6 Å². The van der Waals surface area contributed by atoms with E-state index in [9.17, 15) is 4.79 Å². The van der Waals surface area contributed by atoms with Gasteiger partial charge >= 0.3 is 5.97 Å². The second-order valence-corrected chi connectivity index (χ2v) is 3.26. The average Bonchev–Trinajstić information content (AvgIpc) is 2.27. The zero-order valence-corrected chi connectivity index (χ0v) is 9.15.